The first kappa shape index (κ1) is 14.7. The maximum Gasteiger partial charge on any atom is 0.253 e. The van der Waals surface area contributed by atoms with E-state index in [-0.39, 0.29) is 5.91 Å². The number of carbonyl (C=O) groups excluding carboxylic acids is 1. The van der Waals surface area contributed by atoms with Gasteiger partial charge in [-0.25, -0.2) is 0 Å². The molecule has 0 radical (unpaired) electrons. The summed E-state index contributed by atoms with van der Waals surface area (Å²) in [4.78, 5) is 14.5. The van der Waals surface area contributed by atoms with E-state index in [1.165, 1.54) is 0 Å². The summed E-state index contributed by atoms with van der Waals surface area (Å²) in [7, 11) is 0. The highest BCUT2D eigenvalue weighted by Gasteiger charge is 2.17. The summed E-state index contributed by atoms with van der Waals surface area (Å²) in [6, 6.07) is 7.84. The Hall–Kier alpha value is -1.31. The number of carbonyl (C=O) groups is 1. The number of hydrogen-bond acceptors (Lipinski definition) is 1. The average molecular weight is 247 g/mol. The molecule has 18 heavy (non-hydrogen) atoms. The minimum atomic E-state index is 0.154. The molecule has 2 heteroatoms. The third-order valence-corrected chi connectivity index (χ3v) is 2.72. The quantitative estimate of drug-likeness (QED) is 0.776. The van der Waals surface area contributed by atoms with E-state index in [0.717, 1.165) is 24.2 Å². The van der Waals surface area contributed by atoms with E-state index in [0.29, 0.717) is 11.8 Å². The van der Waals surface area contributed by atoms with E-state index in [1.54, 1.807) is 0 Å². The molecular formula is C16H25NO. The fraction of sp³-hybridized carbons (Fsp3) is 0.562. The maximum atomic E-state index is 12.5. The molecule has 0 aliphatic heterocycles. The van der Waals surface area contributed by atoms with Gasteiger partial charge in [-0.1, -0.05) is 45.4 Å². The van der Waals surface area contributed by atoms with Gasteiger partial charge >= 0.3 is 0 Å². The van der Waals surface area contributed by atoms with Crippen LogP contribution in [0.2, 0.25) is 0 Å². The average Bonchev–Trinajstić information content (AvgIpc) is 2.26. The van der Waals surface area contributed by atoms with E-state index < -0.39 is 0 Å². The number of rotatable bonds is 5. The zero-order valence-electron chi connectivity index (χ0n) is 12.2. The predicted octanol–water partition coefficient (Wildman–Crippen LogP) is 3.75. The molecule has 0 bridgehead atoms. The Balaban J connectivity index is 2.87. The Morgan fingerprint density at radius 1 is 1.11 bits per heavy atom. The summed E-state index contributed by atoms with van der Waals surface area (Å²) in [6.45, 7) is 12.3. The van der Waals surface area contributed by atoms with Gasteiger partial charge in [0.25, 0.3) is 5.91 Å². The van der Waals surface area contributed by atoms with Crippen molar-refractivity contribution in [3.63, 3.8) is 0 Å². The van der Waals surface area contributed by atoms with Crippen LogP contribution in [0.1, 0.15) is 43.6 Å². The van der Waals surface area contributed by atoms with Crippen molar-refractivity contribution in [1.82, 2.24) is 4.90 Å². The lowest BCUT2D eigenvalue weighted by Crippen LogP contribution is -2.37. The highest BCUT2D eigenvalue weighted by Crippen LogP contribution is 2.11. The van der Waals surface area contributed by atoms with Crippen LogP contribution < -0.4 is 0 Å². The lowest BCUT2D eigenvalue weighted by molar-refractivity contribution is 0.0715. The molecule has 0 aliphatic rings. The fourth-order valence-electron chi connectivity index (χ4n) is 2.08. The number of benzene rings is 1. The van der Waals surface area contributed by atoms with E-state index in [4.69, 9.17) is 0 Å². The van der Waals surface area contributed by atoms with Crippen molar-refractivity contribution in [1.29, 1.82) is 0 Å². The molecule has 2 nitrogen and oxygen atoms in total. The zero-order valence-corrected chi connectivity index (χ0v) is 12.2. The molecule has 1 aromatic rings. The van der Waals surface area contributed by atoms with Crippen LogP contribution in [0.5, 0.6) is 0 Å². The number of nitrogens with zero attached hydrogens (tertiary/aromatic N) is 1. The van der Waals surface area contributed by atoms with Gasteiger partial charge in [-0.15, -0.1) is 0 Å². The summed E-state index contributed by atoms with van der Waals surface area (Å²) in [5.74, 6) is 1.15. The first-order valence-electron chi connectivity index (χ1n) is 6.76. The predicted molar refractivity (Wildman–Crippen MR) is 76.8 cm³/mol. The molecule has 0 aliphatic carbocycles. The second-order valence-electron chi connectivity index (χ2n) is 5.87. The second kappa shape index (κ2) is 6.58. The second-order valence-corrected chi connectivity index (χ2v) is 5.87. The standard InChI is InChI=1S/C16H25NO/c1-12(2)10-17(11-13(3)4)16(18)15-8-6-7-14(5)9-15/h6-9,12-13H,10-11H2,1-5H3. The molecule has 0 spiro atoms. The van der Waals surface area contributed by atoms with Gasteiger partial charge < -0.3 is 4.90 Å². The third kappa shape index (κ3) is 4.52. The van der Waals surface area contributed by atoms with Crippen LogP contribution in [0.25, 0.3) is 0 Å². The molecule has 0 unspecified atom stereocenters. The van der Waals surface area contributed by atoms with Crippen molar-refractivity contribution in [3.05, 3.63) is 35.4 Å². The summed E-state index contributed by atoms with van der Waals surface area (Å²) in [5.41, 5.74) is 1.94. The SMILES string of the molecule is Cc1cccc(C(=O)N(CC(C)C)CC(C)C)c1. The molecule has 0 saturated heterocycles. The minimum Gasteiger partial charge on any atom is -0.338 e. The maximum absolute atomic E-state index is 12.5. The molecule has 0 N–H and O–H groups in total. The lowest BCUT2D eigenvalue weighted by Gasteiger charge is -2.26. The van der Waals surface area contributed by atoms with Gasteiger partial charge in [0.2, 0.25) is 0 Å². The van der Waals surface area contributed by atoms with E-state index in [1.807, 2.05) is 36.1 Å². The Kier molecular flexibility index (Phi) is 5.39. The molecular weight excluding hydrogens is 222 g/mol. The largest absolute Gasteiger partial charge is 0.338 e. The molecule has 0 atom stereocenters. The van der Waals surface area contributed by atoms with Gasteiger partial charge in [-0.2, -0.15) is 0 Å². The van der Waals surface area contributed by atoms with Crippen LogP contribution in [-0.2, 0) is 0 Å². The Morgan fingerprint density at radius 2 is 1.67 bits per heavy atom. The molecule has 1 rings (SSSR count). The van der Waals surface area contributed by atoms with E-state index >= 15 is 0 Å². The Bertz CT molecular complexity index is 386. The van der Waals surface area contributed by atoms with Gasteiger partial charge in [0.1, 0.15) is 0 Å². The summed E-state index contributed by atoms with van der Waals surface area (Å²) in [5, 5.41) is 0. The topological polar surface area (TPSA) is 20.3 Å². The summed E-state index contributed by atoms with van der Waals surface area (Å²) >= 11 is 0. The summed E-state index contributed by atoms with van der Waals surface area (Å²) in [6.07, 6.45) is 0. The zero-order chi connectivity index (χ0) is 13.7. The van der Waals surface area contributed by atoms with Crippen molar-refractivity contribution in [2.45, 2.75) is 34.6 Å². The normalized spacial score (nSPS) is 11.1. The number of amides is 1. The van der Waals surface area contributed by atoms with Crippen LogP contribution in [0.15, 0.2) is 24.3 Å². The smallest absolute Gasteiger partial charge is 0.253 e. The molecule has 1 amide bonds. The first-order valence-corrected chi connectivity index (χ1v) is 6.76. The molecule has 0 aromatic heterocycles. The van der Waals surface area contributed by atoms with Crippen molar-refractivity contribution in [2.24, 2.45) is 11.8 Å². The van der Waals surface area contributed by atoms with E-state index in [9.17, 15) is 4.79 Å². The van der Waals surface area contributed by atoms with Crippen LogP contribution >= 0.6 is 0 Å². The van der Waals surface area contributed by atoms with Crippen LogP contribution in [0.4, 0.5) is 0 Å². The van der Waals surface area contributed by atoms with Gasteiger partial charge in [0.05, 0.1) is 0 Å². The third-order valence-electron chi connectivity index (χ3n) is 2.72. The van der Waals surface area contributed by atoms with Gasteiger partial charge in [-0.05, 0) is 30.9 Å². The highest BCUT2D eigenvalue weighted by molar-refractivity contribution is 5.94. The molecule has 0 fully saturated rings. The van der Waals surface area contributed by atoms with Gasteiger partial charge in [-0.3, -0.25) is 4.79 Å². The van der Waals surface area contributed by atoms with Gasteiger partial charge in [0, 0.05) is 18.7 Å². The number of hydrogen-bond donors (Lipinski definition) is 0. The van der Waals surface area contributed by atoms with Crippen molar-refractivity contribution in [2.75, 3.05) is 13.1 Å². The van der Waals surface area contributed by atoms with Crippen molar-refractivity contribution < 1.29 is 4.79 Å². The van der Waals surface area contributed by atoms with E-state index in [2.05, 4.69) is 27.7 Å². The molecule has 1 aromatic carbocycles. The molecule has 0 heterocycles. The van der Waals surface area contributed by atoms with Crippen LogP contribution in [-0.4, -0.2) is 23.9 Å². The van der Waals surface area contributed by atoms with Crippen LogP contribution in [0, 0.1) is 18.8 Å². The van der Waals surface area contributed by atoms with Crippen molar-refractivity contribution >= 4 is 5.91 Å². The molecule has 0 saturated carbocycles. The fourth-order valence-corrected chi connectivity index (χ4v) is 2.08. The Labute approximate surface area is 111 Å². The summed E-state index contributed by atoms with van der Waals surface area (Å²) < 4.78 is 0. The lowest BCUT2D eigenvalue weighted by atomic mass is 10.1. The number of aryl methyl sites for hydroxylation is 1. The first-order chi connectivity index (χ1) is 8.40. The monoisotopic (exact) mass is 247 g/mol. The highest BCUT2D eigenvalue weighted by atomic mass is 16.2. The minimum absolute atomic E-state index is 0.154. The van der Waals surface area contributed by atoms with Gasteiger partial charge in [0.15, 0.2) is 0 Å². The van der Waals surface area contributed by atoms with Crippen LogP contribution in [0.3, 0.4) is 0 Å². The van der Waals surface area contributed by atoms with Crippen molar-refractivity contribution in [3.8, 4) is 0 Å². The molecule has 100 valence electrons. The Morgan fingerprint density at radius 3 is 2.11 bits per heavy atom.